The normalized spacial score (nSPS) is 11.9. The molecule has 1 amide bonds. The maximum atomic E-state index is 12.2. The Morgan fingerprint density at radius 1 is 0.641 bits per heavy atom. The Kier molecular flexibility index (Phi) is 36.2. The highest BCUT2D eigenvalue weighted by molar-refractivity contribution is 9.11. The van der Waals surface area contributed by atoms with Crippen LogP contribution in [-0.2, 0) is 26.3 Å². The summed E-state index contributed by atoms with van der Waals surface area (Å²) in [6.45, 7) is 9.97. The van der Waals surface area contributed by atoms with Gasteiger partial charge in [0.2, 0.25) is 21.7 Å². The number of phenolic OH excluding ortho intramolecular Hbond substituents is 2. The number of H-pyrrole nitrogens is 1. The fraction of sp³-hybridized carbons (Fsp3) is 0.129. The van der Waals surface area contributed by atoms with Gasteiger partial charge >= 0.3 is 30.0 Å². The number of carboxylic acid groups (broad SMARTS) is 3. The van der Waals surface area contributed by atoms with Crippen molar-refractivity contribution in [2.45, 2.75) is 67.0 Å². The standard InChI is InChI=1S/C22H17NO4.C17H12Cl2N2O3S.C16H12ClNO2S.C15H11Br2NO3.C12H14Cl2N2O2S2.C11H8Cl2N2O2/c24-21(25)18-11-5-6-12-20(18)23-22(26)27-13-19-16-9-3-1-7-14(16)15-8-2-4-10-17(15)19;1-10-8-15(24-16(22)14-6-3-7-23-14)21-17(20-10)25-9-11-12(18)4-2-5-13(11)19;1-9-2-7-12-13(8-9)18-14(16(19)20)15(12)21-11-5-3-10(17)4-6-11;1-8-11(15(20)21)3-2-4-13(8)18-7-9-5-10(16)6-12(17)14(9)19;1-2-20(17,18)16-6-5-15-12(16)19-8-9-3-4-10(13)7-11(9)14;1-6-2-10(15-17-6)14-5-7-3-8(12)4-9(13)11(7)16/h1-12,19H,13H2,(H,23,26)(H,24,25);2-8H,9H2,1H3;2-8,18H,1H3,(H,19,20);2-7,19H,1H3,(H,20,21);3-4,7H,2,5-6,8H2,1H3;2-5,16H,1H3. The second-order valence-electron chi connectivity index (χ2n) is 27.9. The number of hydrogen-bond donors (Lipinski definition) is 7. The summed E-state index contributed by atoms with van der Waals surface area (Å²) in [6, 6.07) is 64.0. The Hall–Kier alpha value is -11.1. The molecule has 25 nitrogen and oxygen atoms in total. The van der Waals surface area contributed by atoms with E-state index in [2.05, 4.69) is 84.4 Å². The predicted octanol–water partition coefficient (Wildman–Crippen LogP) is 26.6. The number of aliphatic imine (C=N–C) groups is 3. The number of aromatic amines is 1. The highest BCUT2D eigenvalue weighted by Gasteiger charge is 2.31. The molecule has 4 aromatic heterocycles. The number of furan rings is 1. The maximum absolute atomic E-state index is 12.2. The molecule has 674 valence electrons. The molecule has 2 aliphatic rings. The number of hydrogen-bond acceptors (Lipinski definition) is 22. The number of carboxylic acids is 3. The van der Waals surface area contributed by atoms with Gasteiger partial charge in [0.15, 0.2) is 16.1 Å². The lowest BCUT2D eigenvalue weighted by Gasteiger charge is -2.18. The zero-order chi connectivity index (χ0) is 94.3. The number of ether oxygens (including phenoxy) is 2. The van der Waals surface area contributed by atoms with Gasteiger partial charge in [-0.3, -0.25) is 15.3 Å². The van der Waals surface area contributed by atoms with Crippen molar-refractivity contribution < 1.29 is 76.3 Å². The second-order valence-corrected chi connectivity index (χ2v) is 37.8. The number of nitrogens with zero attached hydrogens (tertiary/aromatic N) is 7. The first-order chi connectivity index (χ1) is 62.6. The maximum Gasteiger partial charge on any atom is 0.411 e. The van der Waals surface area contributed by atoms with E-state index in [0.29, 0.717) is 109 Å². The van der Waals surface area contributed by atoms with E-state index in [0.717, 1.165) is 64.1 Å². The third-order valence-corrected chi connectivity index (χ3v) is 26.9. The minimum absolute atomic E-state index is 0.0195. The molecule has 131 heavy (non-hydrogen) atoms. The lowest BCUT2D eigenvalue weighted by Crippen LogP contribution is -2.34. The molecule has 0 bridgehead atoms. The molecular weight excluding hydrogens is 2040 g/mol. The van der Waals surface area contributed by atoms with Crippen LogP contribution in [0.25, 0.3) is 22.0 Å². The number of phenols is 2. The summed E-state index contributed by atoms with van der Waals surface area (Å²) >= 11 is 52.5. The number of halogens is 9. The van der Waals surface area contributed by atoms with E-state index in [4.69, 9.17) is 105 Å². The summed E-state index contributed by atoms with van der Waals surface area (Å²) in [5.74, 6) is -1.24. The first-order valence-electron chi connectivity index (χ1n) is 38.8. The number of carbonyl (C=O) groups is 5. The topological polar surface area (TPSA) is 372 Å². The number of benzene rings is 10. The van der Waals surface area contributed by atoms with Crippen LogP contribution in [0.3, 0.4) is 0 Å². The number of aromatic nitrogens is 4. The van der Waals surface area contributed by atoms with Crippen LogP contribution in [0.4, 0.5) is 22.0 Å². The van der Waals surface area contributed by atoms with Crippen LogP contribution in [0, 0.1) is 27.7 Å². The molecule has 1 aliphatic heterocycles. The Morgan fingerprint density at radius 3 is 1.95 bits per heavy atom. The van der Waals surface area contributed by atoms with Gasteiger partial charge in [0.1, 0.15) is 29.6 Å². The van der Waals surface area contributed by atoms with Gasteiger partial charge in [0.05, 0.1) is 62.0 Å². The van der Waals surface area contributed by atoms with Crippen LogP contribution in [0.2, 0.25) is 35.2 Å². The number of nitrogens with one attached hydrogen (secondary N) is 2. The number of aryl methyl sites for hydroxylation is 3. The van der Waals surface area contributed by atoms with E-state index in [1.54, 1.807) is 131 Å². The first-order valence-corrected chi connectivity index (χ1v) is 47.5. The van der Waals surface area contributed by atoms with Crippen molar-refractivity contribution in [1.29, 1.82) is 0 Å². The van der Waals surface area contributed by atoms with Crippen LogP contribution in [0.1, 0.15) is 111 Å². The molecule has 16 rings (SSSR count). The lowest BCUT2D eigenvalue weighted by atomic mass is 9.98. The van der Waals surface area contributed by atoms with Gasteiger partial charge in [-0.15, -0.1) is 0 Å². The molecule has 10 aromatic carbocycles. The number of thioether (sulfide) groups is 2. The van der Waals surface area contributed by atoms with Gasteiger partial charge in [-0.25, -0.2) is 46.7 Å². The quantitative estimate of drug-likeness (QED) is 0.0152. The number of sulfonamides is 1. The van der Waals surface area contributed by atoms with Crippen LogP contribution >= 0.6 is 148 Å². The lowest BCUT2D eigenvalue weighted by molar-refractivity contribution is 0.0679. The van der Waals surface area contributed by atoms with Crippen LogP contribution in [0.15, 0.2) is 272 Å². The van der Waals surface area contributed by atoms with Crippen molar-refractivity contribution in [2.24, 2.45) is 15.0 Å². The molecular formula is C93H74Br2Cl7N9O16S4. The summed E-state index contributed by atoms with van der Waals surface area (Å²) in [5.41, 5.74) is 11.6. The number of esters is 1. The summed E-state index contributed by atoms with van der Waals surface area (Å²) in [5, 5.41) is 59.0. The first kappa shape index (κ1) is 100. The summed E-state index contributed by atoms with van der Waals surface area (Å²) in [6.07, 6.45) is 3.64. The van der Waals surface area contributed by atoms with Gasteiger partial charge in [-0.1, -0.05) is 229 Å². The van der Waals surface area contributed by atoms with E-state index in [1.165, 1.54) is 88.6 Å². The minimum atomic E-state index is -3.24. The number of anilines is 1. The number of carbonyl (C=O) groups excluding carboxylic acids is 2. The third-order valence-electron chi connectivity index (χ3n) is 18.8. The monoisotopic (exact) mass is 2100 g/mol. The predicted molar refractivity (Wildman–Crippen MR) is 526 cm³/mol. The third kappa shape index (κ3) is 27.7. The number of para-hydroxylation sites is 1. The van der Waals surface area contributed by atoms with Crippen molar-refractivity contribution in [3.05, 3.63) is 347 Å². The van der Waals surface area contributed by atoms with Crippen LogP contribution in [-0.4, -0.2) is 131 Å². The number of fused-ring (bicyclic) bond motifs is 4. The highest BCUT2D eigenvalue weighted by atomic mass is 79.9. The van der Waals surface area contributed by atoms with E-state index < -0.39 is 40.0 Å². The summed E-state index contributed by atoms with van der Waals surface area (Å²) in [4.78, 5) is 83.8. The zero-order valence-electron chi connectivity index (χ0n) is 69.2. The zero-order valence-corrected chi connectivity index (χ0v) is 81.0. The van der Waals surface area contributed by atoms with Crippen LogP contribution < -0.4 is 10.1 Å². The molecule has 0 saturated carbocycles. The van der Waals surface area contributed by atoms with Gasteiger partial charge in [0, 0.05) is 109 Å². The van der Waals surface area contributed by atoms with Gasteiger partial charge < -0.3 is 48.9 Å². The number of aromatic carboxylic acids is 3. The smallest absolute Gasteiger partial charge is 0.411 e. The van der Waals surface area contributed by atoms with Crippen LogP contribution in [0.5, 0.6) is 17.4 Å². The molecule has 0 radical (unpaired) electrons. The van der Waals surface area contributed by atoms with Gasteiger partial charge in [-0.2, -0.15) is 4.98 Å². The van der Waals surface area contributed by atoms with Crippen molar-refractivity contribution in [3.8, 4) is 28.5 Å². The van der Waals surface area contributed by atoms with Gasteiger partial charge in [-0.05, 0) is 210 Å². The number of rotatable bonds is 21. The Labute approximate surface area is 816 Å². The average molecular weight is 2110 g/mol. The largest absolute Gasteiger partial charge is 0.506 e. The molecule has 38 heteroatoms. The molecule has 0 spiro atoms. The number of aromatic hydroxyl groups is 2. The molecule has 0 unspecified atom stereocenters. The van der Waals surface area contributed by atoms with Crippen molar-refractivity contribution in [1.82, 2.24) is 24.4 Å². The fourth-order valence-electron chi connectivity index (χ4n) is 12.4. The SMILES string of the molecule is CCS(=O)(=O)N1CCN=C1SCc1ccc(Cl)cc1Cl.Cc1c(N=Cc2cc(Br)cc(Br)c2O)cccc1C(=O)O.Cc1cc(N=Cc2cc(Cl)cc(Cl)c2O)no1.Cc1cc(OC(=O)c2ccco2)nc(SCc2c(Cl)cccc2Cl)n1.Cc1ccc2c(Sc3ccc(Cl)cc3)c(C(=O)O)[nH]c2c1.O=C(Nc1ccccc1C(=O)O)OCC1c2ccccc2-c2ccccc21. The van der Waals surface area contributed by atoms with E-state index in [9.17, 15) is 52.8 Å². The summed E-state index contributed by atoms with van der Waals surface area (Å²) < 4.78 is 47.1. The van der Waals surface area contributed by atoms with Gasteiger partial charge in [0.25, 0.3) is 0 Å². The van der Waals surface area contributed by atoms with E-state index in [1.807, 2.05) is 79.7 Å². The Morgan fingerprint density at radius 2 is 1.29 bits per heavy atom. The molecule has 0 atom stereocenters. The molecule has 7 N–H and O–H groups in total. The molecule has 1 aliphatic carbocycles. The van der Waals surface area contributed by atoms with E-state index in [-0.39, 0.29) is 68.9 Å². The van der Waals surface area contributed by atoms with E-state index >= 15 is 0 Å². The fourth-order valence-corrected chi connectivity index (χ4v) is 20.0. The molecule has 14 aromatic rings. The molecule has 0 saturated heterocycles. The van der Waals surface area contributed by atoms with Crippen molar-refractivity contribution >= 4 is 234 Å². The Balaban J connectivity index is 0.000000153. The van der Waals surface area contributed by atoms with Crippen molar-refractivity contribution in [2.75, 3.05) is 30.8 Å². The number of amides is 1. The summed E-state index contributed by atoms with van der Waals surface area (Å²) in [7, 11) is -3.24. The molecule has 5 heterocycles. The van der Waals surface area contributed by atoms with Crippen molar-refractivity contribution in [3.63, 3.8) is 0 Å². The minimum Gasteiger partial charge on any atom is -0.506 e. The number of amidine groups is 1. The molecule has 0 fully saturated rings. The second kappa shape index (κ2) is 47.3. The average Bonchev–Trinajstić information content (AvgIpc) is 1.61. The Bertz CT molecular complexity index is 6710. The highest BCUT2D eigenvalue weighted by Crippen LogP contribution is 2.46.